The number of likely N-dealkylation sites (tertiary alicyclic amines) is 1. The highest BCUT2D eigenvalue weighted by atomic mass is 16.5. The first-order valence-corrected chi connectivity index (χ1v) is 11.9. The number of nitrogens with one attached hydrogen (secondary N) is 1. The van der Waals surface area contributed by atoms with E-state index in [1.807, 2.05) is 24.1 Å². The van der Waals surface area contributed by atoms with Gasteiger partial charge in [0.15, 0.2) is 5.65 Å². The number of aryl methyl sites for hydroxylation is 2. The molecule has 5 rings (SSSR count). The molecule has 1 N–H and O–H groups in total. The first-order chi connectivity index (χ1) is 16.0. The molecule has 1 amide bonds. The van der Waals surface area contributed by atoms with Crippen molar-refractivity contribution in [3.8, 4) is 17.0 Å². The van der Waals surface area contributed by atoms with Crippen molar-refractivity contribution in [2.24, 2.45) is 0 Å². The number of ether oxygens (including phenoxy) is 1. The fourth-order valence-electron chi connectivity index (χ4n) is 5.42. The van der Waals surface area contributed by atoms with Crippen LogP contribution in [0.15, 0.2) is 30.3 Å². The van der Waals surface area contributed by atoms with Gasteiger partial charge in [-0.05, 0) is 80.6 Å². The number of pyridine rings is 2. The fourth-order valence-corrected chi connectivity index (χ4v) is 5.42. The molecule has 6 nitrogen and oxygen atoms in total. The van der Waals surface area contributed by atoms with E-state index in [2.05, 4.69) is 37.4 Å². The highest BCUT2D eigenvalue weighted by molar-refractivity contribution is 5.92. The number of nitrogens with zero attached hydrogens (tertiary/aromatic N) is 3. The Morgan fingerprint density at radius 3 is 2.67 bits per heavy atom. The largest absolute Gasteiger partial charge is 0.496 e. The Morgan fingerprint density at radius 2 is 1.97 bits per heavy atom. The second-order valence-electron chi connectivity index (χ2n) is 9.51. The average molecular weight is 445 g/mol. The molecular formula is C27H32N4O2. The summed E-state index contributed by atoms with van der Waals surface area (Å²) >= 11 is 0. The van der Waals surface area contributed by atoms with Crippen LogP contribution >= 0.6 is 0 Å². The molecule has 0 radical (unpaired) electrons. The highest BCUT2D eigenvalue weighted by Crippen LogP contribution is 2.38. The van der Waals surface area contributed by atoms with E-state index < -0.39 is 0 Å². The van der Waals surface area contributed by atoms with Gasteiger partial charge in [-0.3, -0.25) is 4.79 Å². The van der Waals surface area contributed by atoms with Gasteiger partial charge < -0.3 is 15.0 Å². The van der Waals surface area contributed by atoms with Crippen molar-refractivity contribution < 1.29 is 9.53 Å². The maximum absolute atomic E-state index is 12.9. The minimum Gasteiger partial charge on any atom is -0.496 e. The number of carbonyl (C=O) groups is 1. The summed E-state index contributed by atoms with van der Waals surface area (Å²) < 4.78 is 5.70. The van der Waals surface area contributed by atoms with Gasteiger partial charge in [-0.1, -0.05) is 6.07 Å². The lowest BCUT2D eigenvalue weighted by molar-refractivity contribution is -0.127. The predicted molar refractivity (Wildman–Crippen MR) is 131 cm³/mol. The van der Waals surface area contributed by atoms with Crippen LogP contribution < -0.4 is 10.1 Å². The maximum atomic E-state index is 12.9. The predicted octanol–water partition coefficient (Wildman–Crippen LogP) is 4.33. The third-order valence-electron chi connectivity index (χ3n) is 7.16. The van der Waals surface area contributed by atoms with Crippen LogP contribution in [0.25, 0.3) is 22.3 Å². The summed E-state index contributed by atoms with van der Waals surface area (Å²) in [5, 5.41) is 4.47. The zero-order valence-corrected chi connectivity index (χ0v) is 19.9. The molecule has 1 aromatic carbocycles. The van der Waals surface area contributed by atoms with Gasteiger partial charge in [0.25, 0.3) is 0 Å². The standard InChI is InChI=1S/C27H32N4O2/c1-16-12-17(2)25(24(13-16)33-4)22-8-7-19-21(20-9-11-31(3)27(20)32)14-23(30-26(19)29-22)18-6-5-10-28-15-18/h7-8,12-14,18,20,28H,5-6,9-11,15H2,1-4H3/t18?,20-/m0/s1. The number of hydrogen-bond donors (Lipinski definition) is 1. The Balaban J connectivity index is 1.69. The second kappa shape index (κ2) is 8.75. The number of likely N-dealkylation sites (N-methyl/N-ethyl adjacent to an activating group) is 1. The van der Waals surface area contributed by atoms with Crippen LogP contribution in [0.4, 0.5) is 0 Å². The fraction of sp³-hybridized carbons (Fsp3) is 0.444. The number of aromatic nitrogens is 2. The van der Waals surface area contributed by atoms with E-state index in [9.17, 15) is 4.79 Å². The van der Waals surface area contributed by atoms with Gasteiger partial charge >= 0.3 is 0 Å². The van der Waals surface area contributed by atoms with Gasteiger partial charge in [-0.2, -0.15) is 0 Å². The van der Waals surface area contributed by atoms with Crippen LogP contribution in [0.3, 0.4) is 0 Å². The lowest BCUT2D eigenvalue weighted by atomic mass is 9.89. The second-order valence-corrected chi connectivity index (χ2v) is 9.51. The molecule has 2 saturated heterocycles. The topological polar surface area (TPSA) is 67.3 Å². The summed E-state index contributed by atoms with van der Waals surface area (Å²) in [6.07, 6.45) is 3.08. The van der Waals surface area contributed by atoms with E-state index in [-0.39, 0.29) is 11.8 Å². The van der Waals surface area contributed by atoms with E-state index in [1.165, 1.54) is 0 Å². The molecule has 2 fully saturated rings. The number of methoxy groups -OCH3 is 1. The van der Waals surface area contributed by atoms with E-state index in [1.54, 1.807) is 7.11 Å². The molecular weight excluding hydrogens is 412 g/mol. The summed E-state index contributed by atoms with van der Waals surface area (Å²) in [6.45, 7) is 6.92. The molecule has 172 valence electrons. The third kappa shape index (κ3) is 3.97. The molecule has 2 aliphatic heterocycles. The van der Waals surface area contributed by atoms with Crippen LogP contribution in [0.5, 0.6) is 5.75 Å². The van der Waals surface area contributed by atoms with Crippen LogP contribution in [0, 0.1) is 13.8 Å². The van der Waals surface area contributed by atoms with Crippen LogP contribution in [0.1, 0.15) is 53.5 Å². The summed E-state index contributed by atoms with van der Waals surface area (Å²) in [7, 11) is 3.59. The van der Waals surface area contributed by atoms with Gasteiger partial charge in [0.05, 0.1) is 18.7 Å². The number of carbonyl (C=O) groups excluding carboxylic acids is 1. The molecule has 4 heterocycles. The third-order valence-corrected chi connectivity index (χ3v) is 7.16. The SMILES string of the molecule is COc1cc(C)cc(C)c1-c1ccc2c([C@@H]3CCN(C)C3=O)cc(C3CCCNC3)nc2n1. The van der Waals surface area contributed by atoms with E-state index >= 15 is 0 Å². The average Bonchev–Trinajstić information content (AvgIpc) is 3.16. The molecule has 0 bridgehead atoms. The van der Waals surface area contributed by atoms with Crippen molar-refractivity contribution in [3.05, 3.63) is 52.7 Å². The molecule has 33 heavy (non-hydrogen) atoms. The molecule has 0 spiro atoms. The molecule has 3 aromatic rings. The van der Waals surface area contributed by atoms with Crippen LogP contribution in [0.2, 0.25) is 0 Å². The molecule has 2 aliphatic rings. The van der Waals surface area contributed by atoms with Crippen LogP contribution in [-0.4, -0.2) is 54.6 Å². The van der Waals surface area contributed by atoms with Crippen molar-refractivity contribution in [3.63, 3.8) is 0 Å². The van der Waals surface area contributed by atoms with Gasteiger partial charge in [0.2, 0.25) is 5.91 Å². The molecule has 1 unspecified atom stereocenters. The molecule has 6 heteroatoms. The van der Waals surface area contributed by atoms with E-state index in [0.29, 0.717) is 5.92 Å². The Kier molecular flexibility index (Phi) is 5.79. The Labute approximate surface area is 195 Å². The quantitative estimate of drug-likeness (QED) is 0.649. The number of amides is 1. The summed E-state index contributed by atoms with van der Waals surface area (Å²) in [5.74, 6) is 1.23. The zero-order chi connectivity index (χ0) is 23.1. The van der Waals surface area contributed by atoms with Crippen molar-refractivity contribution in [1.29, 1.82) is 0 Å². The lowest BCUT2D eigenvalue weighted by Gasteiger charge is -2.24. The summed E-state index contributed by atoms with van der Waals surface area (Å²) in [4.78, 5) is 24.9. The van der Waals surface area contributed by atoms with Crippen LogP contribution in [-0.2, 0) is 4.79 Å². The van der Waals surface area contributed by atoms with Crippen molar-refractivity contribution in [2.75, 3.05) is 33.8 Å². The number of piperidine rings is 1. The van der Waals surface area contributed by atoms with E-state index in [4.69, 9.17) is 14.7 Å². The lowest BCUT2D eigenvalue weighted by Crippen LogP contribution is -2.29. The number of fused-ring (bicyclic) bond motifs is 1. The van der Waals surface area contributed by atoms with Crippen molar-refractivity contribution >= 4 is 16.9 Å². The number of benzene rings is 1. The van der Waals surface area contributed by atoms with Gasteiger partial charge in [-0.25, -0.2) is 9.97 Å². The molecule has 2 aromatic heterocycles. The van der Waals surface area contributed by atoms with Gasteiger partial charge in [0, 0.05) is 42.7 Å². The number of rotatable bonds is 4. The maximum Gasteiger partial charge on any atom is 0.229 e. The van der Waals surface area contributed by atoms with Crippen molar-refractivity contribution in [1.82, 2.24) is 20.2 Å². The highest BCUT2D eigenvalue weighted by Gasteiger charge is 2.33. The Hall–Kier alpha value is -2.99. The molecule has 2 atom stereocenters. The number of hydrogen-bond acceptors (Lipinski definition) is 5. The van der Waals surface area contributed by atoms with Gasteiger partial charge in [-0.15, -0.1) is 0 Å². The Bertz CT molecular complexity index is 1220. The summed E-state index contributed by atoms with van der Waals surface area (Å²) in [5.41, 5.74) is 6.96. The Morgan fingerprint density at radius 1 is 1.12 bits per heavy atom. The minimum absolute atomic E-state index is 0.126. The first kappa shape index (κ1) is 21.8. The minimum atomic E-state index is -0.126. The first-order valence-electron chi connectivity index (χ1n) is 11.9. The van der Waals surface area contributed by atoms with E-state index in [0.717, 1.165) is 89.3 Å². The smallest absolute Gasteiger partial charge is 0.229 e. The molecule has 0 saturated carbocycles. The summed E-state index contributed by atoms with van der Waals surface area (Å²) in [6, 6.07) is 10.5. The monoisotopic (exact) mass is 444 g/mol. The van der Waals surface area contributed by atoms with Gasteiger partial charge in [0.1, 0.15) is 5.75 Å². The van der Waals surface area contributed by atoms with Crippen molar-refractivity contribution in [2.45, 2.75) is 44.9 Å². The normalized spacial score (nSPS) is 21.1. The zero-order valence-electron chi connectivity index (χ0n) is 19.9. The molecule has 0 aliphatic carbocycles.